The highest BCUT2D eigenvalue weighted by molar-refractivity contribution is 7.92. The Kier molecular flexibility index (Phi) is 8.12. The van der Waals surface area contributed by atoms with Crippen molar-refractivity contribution in [1.29, 1.82) is 0 Å². The van der Waals surface area contributed by atoms with Crippen LogP contribution in [0.5, 0.6) is 0 Å². The van der Waals surface area contributed by atoms with Gasteiger partial charge in [0.25, 0.3) is 0 Å². The molecular weight excluding hydrogens is 469 g/mol. The molecule has 0 unspecified atom stereocenters. The van der Waals surface area contributed by atoms with Crippen molar-refractivity contribution in [1.82, 2.24) is 4.98 Å². The number of pyridine rings is 1. The molecule has 9 heteroatoms. The molecule has 1 N–H and O–H groups in total. The molecule has 0 aliphatic rings. The van der Waals surface area contributed by atoms with Crippen LogP contribution in [0.2, 0.25) is 10.0 Å². The Hall–Kier alpha value is -2.61. The summed E-state index contributed by atoms with van der Waals surface area (Å²) in [5, 5.41) is 3.49. The highest BCUT2D eigenvalue weighted by Crippen LogP contribution is 2.30. The van der Waals surface area contributed by atoms with Crippen molar-refractivity contribution in [3.8, 4) is 0 Å². The molecule has 168 valence electrons. The van der Waals surface area contributed by atoms with Crippen LogP contribution in [0.4, 0.5) is 11.4 Å². The minimum Gasteiger partial charge on any atom is -0.326 e. The molecule has 0 fully saturated rings. The third-order valence-electron chi connectivity index (χ3n) is 4.74. The highest BCUT2D eigenvalue weighted by atomic mass is 35.5. The zero-order chi connectivity index (χ0) is 23.1. The number of amides is 1. The maximum Gasteiger partial charge on any atom is 0.232 e. The minimum absolute atomic E-state index is 0.123. The second kappa shape index (κ2) is 10.8. The Morgan fingerprint density at radius 1 is 1.00 bits per heavy atom. The smallest absolute Gasteiger partial charge is 0.232 e. The molecule has 0 spiro atoms. The van der Waals surface area contributed by atoms with Crippen LogP contribution < -0.4 is 9.62 Å². The topological polar surface area (TPSA) is 79.4 Å². The van der Waals surface area contributed by atoms with Crippen molar-refractivity contribution in [2.45, 2.75) is 19.3 Å². The van der Waals surface area contributed by atoms with E-state index < -0.39 is 10.0 Å². The number of nitrogens with zero attached hydrogens (tertiary/aromatic N) is 2. The summed E-state index contributed by atoms with van der Waals surface area (Å²) in [6.07, 6.45) is 5.90. The van der Waals surface area contributed by atoms with E-state index >= 15 is 0 Å². The quantitative estimate of drug-likeness (QED) is 0.447. The number of benzene rings is 2. The van der Waals surface area contributed by atoms with Crippen LogP contribution in [0, 0.1) is 0 Å². The Morgan fingerprint density at radius 3 is 2.28 bits per heavy atom. The lowest BCUT2D eigenvalue weighted by Gasteiger charge is -2.23. The summed E-state index contributed by atoms with van der Waals surface area (Å²) in [5.41, 5.74) is 3.31. The molecule has 0 aliphatic carbocycles. The number of anilines is 2. The largest absolute Gasteiger partial charge is 0.326 e. The zero-order valence-electron chi connectivity index (χ0n) is 17.5. The first kappa shape index (κ1) is 24.0. The maximum atomic E-state index is 12.3. The fraction of sp³-hybridized carbons (Fsp3) is 0.217. The van der Waals surface area contributed by atoms with E-state index in [2.05, 4.69) is 10.3 Å². The summed E-state index contributed by atoms with van der Waals surface area (Å²) in [6.45, 7) is 0.123. The van der Waals surface area contributed by atoms with Gasteiger partial charge in [0.15, 0.2) is 0 Å². The third-order valence-corrected chi connectivity index (χ3v) is 6.46. The van der Waals surface area contributed by atoms with E-state index in [-0.39, 0.29) is 23.9 Å². The van der Waals surface area contributed by atoms with Gasteiger partial charge in [-0.25, -0.2) is 8.42 Å². The number of carbonyl (C=O) groups excluding carboxylic acids is 1. The molecule has 32 heavy (non-hydrogen) atoms. The van der Waals surface area contributed by atoms with Crippen LogP contribution in [-0.4, -0.2) is 32.1 Å². The number of carbonyl (C=O) groups is 1. The summed E-state index contributed by atoms with van der Waals surface area (Å²) >= 11 is 12.1. The predicted molar refractivity (Wildman–Crippen MR) is 130 cm³/mol. The van der Waals surface area contributed by atoms with Crippen molar-refractivity contribution in [2.75, 3.05) is 22.4 Å². The molecule has 0 saturated heterocycles. The second-order valence-electron chi connectivity index (χ2n) is 7.31. The van der Waals surface area contributed by atoms with E-state index in [0.717, 1.165) is 23.8 Å². The average molecular weight is 492 g/mol. The molecular formula is C23H23Cl2N3O3S. The lowest BCUT2D eigenvalue weighted by Crippen LogP contribution is -2.31. The van der Waals surface area contributed by atoms with E-state index in [1.807, 2.05) is 36.4 Å². The second-order valence-corrected chi connectivity index (χ2v) is 10.1. The predicted octanol–water partition coefficient (Wildman–Crippen LogP) is 5.16. The first-order valence-electron chi connectivity index (χ1n) is 9.93. The number of halogens is 2. The van der Waals surface area contributed by atoms with Gasteiger partial charge in [-0.05, 0) is 66.4 Å². The minimum atomic E-state index is -3.57. The number of hydrogen-bond donors (Lipinski definition) is 1. The van der Waals surface area contributed by atoms with Crippen LogP contribution in [0.15, 0.2) is 67.0 Å². The van der Waals surface area contributed by atoms with E-state index in [1.165, 1.54) is 10.4 Å². The average Bonchev–Trinajstić information content (AvgIpc) is 2.73. The van der Waals surface area contributed by atoms with Gasteiger partial charge in [-0.2, -0.15) is 0 Å². The molecule has 2 aromatic carbocycles. The number of rotatable bonds is 9. The zero-order valence-corrected chi connectivity index (χ0v) is 19.8. The van der Waals surface area contributed by atoms with E-state index in [4.69, 9.17) is 23.2 Å². The van der Waals surface area contributed by atoms with Gasteiger partial charge in [0.1, 0.15) is 0 Å². The van der Waals surface area contributed by atoms with Crippen molar-refractivity contribution in [3.05, 3.63) is 88.2 Å². The van der Waals surface area contributed by atoms with Gasteiger partial charge >= 0.3 is 0 Å². The summed E-state index contributed by atoms with van der Waals surface area (Å²) in [6, 6.07) is 16.2. The van der Waals surface area contributed by atoms with Gasteiger partial charge in [0.05, 0.1) is 17.0 Å². The van der Waals surface area contributed by atoms with Gasteiger partial charge in [0.2, 0.25) is 15.9 Å². The van der Waals surface area contributed by atoms with Crippen LogP contribution in [0.1, 0.15) is 24.0 Å². The summed E-state index contributed by atoms with van der Waals surface area (Å²) in [5.74, 6) is -0.192. The number of sulfonamides is 1. The Labute approximate surface area is 198 Å². The lowest BCUT2D eigenvalue weighted by molar-refractivity contribution is -0.116. The third kappa shape index (κ3) is 6.95. The van der Waals surface area contributed by atoms with Crippen molar-refractivity contribution < 1.29 is 13.2 Å². The van der Waals surface area contributed by atoms with Crippen molar-refractivity contribution >= 4 is 50.5 Å². The SMILES string of the molecule is CS(=O)(=O)N(CCCC(=O)Nc1ccc(Cc2ccncc2)cc1)c1ccc(Cl)cc1Cl. The van der Waals surface area contributed by atoms with Crippen LogP contribution in [-0.2, 0) is 21.2 Å². The standard InChI is InChI=1S/C23H23Cl2N3O3S/c1-32(30,31)28(22-9-6-19(24)16-21(22)25)14-2-3-23(29)27-20-7-4-17(5-8-20)15-18-10-12-26-13-11-18/h4-13,16H,2-3,14-15H2,1H3,(H,27,29). The number of nitrogens with one attached hydrogen (secondary N) is 1. The number of hydrogen-bond acceptors (Lipinski definition) is 4. The molecule has 1 amide bonds. The highest BCUT2D eigenvalue weighted by Gasteiger charge is 2.20. The first-order chi connectivity index (χ1) is 15.2. The Morgan fingerprint density at radius 2 is 1.66 bits per heavy atom. The lowest BCUT2D eigenvalue weighted by atomic mass is 10.1. The molecule has 0 aliphatic heterocycles. The molecule has 0 saturated carbocycles. The molecule has 1 aromatic heterocycles. The normalized spacial score (nSPS) is 11.2. The fourth-order valence-electron chi connectivity index (χ4n) is 3.20. The van der Waals surface area contributed by atoms with Crippen LogP contribution >= 0.6 is 23.2 Å². The van der Waals surface area contributed by atoms with Crippen LogP contribution in [0.3, 0.4) is 0 Å². The number of aromatic nitrogens is 1. The summed E-state index contributed by atoms with van der Waals surface area (Å²) < 4.78 is 25.6. The summed E-state index contributed by atoms with van der Waals surface area (Å²) in [4.78, 5) is 16.3. The van der Waals surface area contributed by atoms with Gasteiger partial charge in [-0.15, -0.1) is 0 Å². The maximum absolute atomic E-state index is 12.3. The molecule has 0 radical (unpaired) electrons. The van der Waals surface area contributed by atoms with Crippen molar-refractivity contribution in [3.63, 3.8) is 0 Å². The fourth-order valence-corrected chi connectivity index (χ4v) is 4.74. The molecule has 3 rings (SSSR count). The molecule has 3 aromatic rings. The monoisotopic (exact) mass is 491 g/mol. The summed E-state index contributed by atoms with van der Waals surface area (Å²) in [7, 11) is -3.57. The molecule has 0 atom stereocenters. The van der Waals surface area contributed by atoms with Gasteiger partial charge in [0, 0.05) is 36.1 Å². The van der Waals surface area contributed by atoms with E-state index in [0.29, 0.717) is 22.8 Å². The van der Waals surface area contributed by atoms with E-state index in [9.17, 15) is 13.2 Å². The van der Waals surface area contributed by atoms with Crippen LogP contribution in [0.25, 0.3) is 0 Å². The Balaban J connectivity index is 1.54. The van der Waals surface area contributed by atoms with E-state index in [1.54, 1.807) is 24.5 Å². The molecule has 1 heterocycles. The Bertz CT molecular complexity index is 1170. The van der Waals surface area contributed by atoms with Gasteiger partial charge in [-0.3, -0.25) is 14.1 Å². The van der Waals surface area contributed by atoms with Gasteiger partial charge < -0.3 is 5.32 Å². The molecule has 6 nitrogen and oxygen atoms in total. The van der Waals surface area contributed by atoms with Gasteiger partial charge in [-0.1, -0.05) is 35.3 Å². The first-order valence-corrected chi connectivity index (χ1v) is 12.5. The van der Waals surface area contributed by atoms with Crippen molar-refractivity contribution in [2.24, 2.45) is 0 Å². The molecule has 0 bridgehead atoms.